The molecule has 0 aliphatic heterocycles. The van der Waals surface area contributed by atoms with Gasteiger partial charge in [0.05, 0.1) is 12.0 Å². The number of hydrogen-bond acceptors (Lipinski definition) is 2. The normalized spacial score (nSPS) is 11.8. The van der Waals surface area contributed by atoms with E-state index in [1.165, 1.54) is 3.57 Å². The first kappa shape index (κ1) is 13.5. The van der Waals surface area contributed by atoms with Crippen molar-refractivity contribution in [3.8, 4) is 5.69 Å². The first-order valence-corrected chi connectivity index (χ1v) is 7.06. The van der Waals surface area contributed by atoms with E-state index in [0.717, 1.165) is 17.9 Å². The molecule has 0 spiro atoms. The number of rotatable bonds is 3. The van der Waals surface area contributed by atoms with E-state index < -0.39 is 0 Å². The summed E-state index contributed by atoms with van der Waals surface area (Å²) in [4.78, 5) is 4.42. The van der Waals surface area contributed by atoms with Gasteiger partial charge in [-0.25, -0.2) is 4.98 Å². The van der Waals surface area contributed by atoms with Gasteiger partial charge in [-0.2, -0.15) is 0 Å². The number of imidazole rings is 1. The van der Waals surface area contributed by atoms with Crippen LogP contribution in [0.3, 0.4) is 0 Å². The molecule has 18 heavy (non-hydrogen) atoms. The molecule has 96 valence electrons. The highest BCUT2D eigenvalue weighted by molar-refractivity contribution is 14.1. The second-order valence-corrected chi connectivity index (χ2v) is 6.60. The molecule has 0 saturated heterocycles. The number of nitrogens with zero attached hydrogens (tertiary/aromatic N) is 2. The van der Waals surface area contributed by atoms with Gasteiger partial charge in [0, 0.05) is 27.5 Å². The number of hydrogen-bond donors (Lipinski definition) is 1. The molecule has 1 N–H and O–H groups in total. The minimum atomic E-state index is 0.117. The van der Waals surface area contributed by atoms with Crippen LogP contribution in [0.1, 0.15) is 26.5 Å². The van der Waals surface area contributed by atoms with E-state index in [4.69, 9.17) is 0 Å². The lowest BCUT2D eigenvalue weighted by atomic mass is 10.1. The van der Waals surface area contributed by atoms with E-state index in [1.807, 2.05) is 6.33 Å². The van der Waals surface area contributed by atoms with E-state index in [0.29, 0.717) is 0 Å². The van der Waals surface area contributed by atoms with E-state index in [2.05, 4.69) is 88.7 Å². The highest BCUT2D eigenvalue weighted by atomic mass is 127. The zero-order valence-corrected chi connectivity index (χ0v) is 13.1. The lowest BCUT2D eigenvalue weighted by Gasteiger charge is -2.19. The summed E-state index contributed by atoms with van der Waals surface area (Å²) in [7, 11) is 0. The molecule has 0 saturated carbocycles. The molecule has 0 unspecified atom stereocenters. The molecule has 0 aliphatic rings. The van der Waals surface area contributed by atoms with E-state index >= 15 is 0 Å². The zero-order chi connectivity index (χ0) is 13.2. The predicted octanol–water partition coefficient (Wildman–Crippen LogP) is 3.37. The van der Waals surface area contributed by atoms with Crippen molar-refractivity contribution in [3.05, 3.63) is 46.1 Å². The Morgan fingerprint density at radius 2 is 2.11 bits per heavy atom. The van der Waals surface area contributed by atoms with Crippen molar-refractivity contribution >= 4 is 22.6 Å². The van der Waals surface area contributed by atoms with Gasteiger partial charge < -0.3 is 9.88 Å². The molecule has 3 nitrogen and oxygen atoms in total. The molecular formula is C14H18IN3. The third kappa shape index (κ3) is 3.81. The van der Waals surface area contributed by atoms with Gasteiger partial charge >= 0.3 is 0 Å². The monoisotopic (exact) mass is 355 g/mol. The molecule has 0 aliphatic carbocycles. The summed E-state index contributed by atoms with van der Waals surface area (Å²) in [5, 5.41) is 3.44. The van der Waals surface area contributed by atoms with Crippen molar-refractivity contribution in [2.45, 2.75) is 32.9 Å². The molecule has 1 heterocycles. The Morgan fingerprint density at radius 3 is 2.78 bits per heavy atom. The van der Waals surface area contributed by atoms with Crippen LogP contribution in [0.2, 0.25) is 0 Å². The molecule has 0 amide bonds. The Kier molecular flexibility index (Phi) is 4.07. The molecule has 1 aromatic carbocycles. The molecule has 0 fully saturated rings. The molecule has 4 heteroatoms. The number of halogens is 1. The minimum absolute atomic E-state index is 0.117. The molecule has 1 aromatic heterocycles. The first-order chi connectivity index (χ1) is 8.44. The summed E-state index contributed by atoms with van der Waals surface area (Å²) in [5.74, 6) is 0. The number of nitrogens with one attached hydrogen (secondary N) is 1. The highest BCUT2D eigenvalue weighted by Crippen LogP contribution is 2.13. The van der Waals surface area contributed by atoms with Gasteiger partial charge in [-0.15, -0.1) is 0 Å². The highest BCUT2D eigenvalue weighted by Gasteiger charge is 2.09. The van der Waals surface area contributed by atoms with Crippen LogP contribution in [0, 0.1) is 3.57 Å². The standard InChI is InChI=1S/C14H18IN3/c1-14(2,3)17-8-12-9-18(10-16-12)13-6-4-5-11(15)7-13/h4-7,9-10,17H,8H2,1-3H3. The summed E-state index contributed by atoms with van der Waals surface area (Å²) < 4.78 is 3.29. The van der Waals surface area contributed by atoms with Gasteiger partial charge in [0.2, 0.25) is 0 Å². The van der Waals surface area contributed by atoms with Gasteiger partial charge in [-0.1, -0.05) is 6.07 Å². The second-order valence-electron chi connectivity index (χ2n) is 5.36. The summed E-state index contributed by atoms with van der Waals surface area (Å²) in [6.07, 6.45) is 3.94. The Bertz CT molecular complexity index is 526. The number of benzene rings is 1. The Balaban J connectivity index is 2.11. The van der Waals surface area contributed by atoms with E-state index in [1.54, 1.807) is 0 Å². The third-order valence-corrected chi connectivity index (χ3v) is 3.21. The average Bonchev–Trinajstić information content (AvgIpc) is 2.74. The van der Waals surface area contributed by atoms with Crippen LogP contribution in [0.5, 0.6) is 0 Å². The Labute approximate surface area is 122 Å². The van der Waals surface area contributed by atoms with Crippen molar-refractivity contribution < 1.29 is 0 Å². The van der Waals surface area contributed by atoms with Crippen molar-refractivity contribution in [3.63, 3.8) is 0 Å². The fraction of sp³-hybridized carbons (Fsp3) is 0.357. The lowest BCUT2D eigenvalue weighted by molar-refractivity contribution is 0.421. The smallest absolute Gasteiger partial charge is 0.0995 e. The van der Waals surface area contributed by atoms with Crippen molar-refractivity contribution in [2.75, 3.05) is 0 Å². The van der Waals surface area contributed by atoms with Crippen LogP contribution in [0.4, 0.5) is 0 Å². The lowest BCUT2D eigenvalue weighted by Crippen LogP contribution is -2.35. The largest absolute Gasteiger partial charge is 0.306 e. The van der Waals surface area contributed by atoms with E-state index in [9.17, 15) is 0 Å². The SMILES string of the molecule is CC(C)(C)NCc1cn(-c2cccc(I)c2)cn1. The molecule has 0 bridgehead atoms. The zero-order valence-electron chi connectivity index (χ0n) is 10.9. The topological polar surface area (TPSA) is 29.9 Å². The van der Waals surface area contributed by atoms with Crippen molar-refractivity contribution in [1.29, 1.82) is 0 Å². The quantitative estimate of drug-likeness (QED) is 0.856. The molecule has 2 aromatic rings. The number of aromatic nitrogens is 2. The first-order valence-electron chi connectivity index (χ1n) is 5.98. The second kappa shape index (κ2) is 5.40. The maximum atomic E-state index is 4.42. The van der Waals surface area contributed by atoms with Gasteiger partial charge in [-0.05, 0) is 61.6 Å². The van der Waals surface area contributed by atoms with Gasteiger partial charge in [0.15, 0.2) is 0 Å². The van der Waals surface area contributed by atoms with Crippen LogP contribution in [-0.4, -0.2) is 15.1 Å². The van der Waals surface area contributed by atoms with Gasteiger partial charge in [0.1, 0.15) is 0 Å². The summed E-state index contributed by atoms with van der Waals surface area (Å²) in [6, 6.07) is 8.38. The minimum Gasteiger partial charge on any atom is -0.306 e. The molecule has 0 atom stereocenters. The van der Waals surface area contributed by atoms with Crippen LogP contribution in [0.25, 0.3) is 5.69 Å². The Morgan fingerprint density at radius 1 is 1.33 bits per heavy atom. The predicted molar refractivity (Wildman–Crippen MR) is 82.9 cm³/mol. The maximum Gasteiger partial charge on any atom is 0.0995 e. The maximum absolute atomic E-state index is 4.42. The third-order valence-electron chi connectivity index (χ3n) is 2.54. The summed E-state index contributed by atoms with van der Waals surface area (Å²) in [6.45, 7) is 7.26. The van der Waals surface area contributed by atoms with Crippen LogP contribution >= 0.6 is 22.6 Å². The fourth-order valence-electron chi connectivity index (χ4n) is 1.59. The fourth-order valence-corrected chi connectivity index (χ4v) is 2.12. The van der Waals surface area contributed by atoms with Crippen LogP contribution in [0.15, 0.2) is 36.8 Å². The molecule has 0 radical (unpaired) electrons. The van der Waals surface area contributed by atoms with Crippen molar-refractivity contribution in [2.24, 2.45) is 0 Å². The van der Waals surface area contributed by atoms with Gasteiger partial charge in [0.25, 0.3) is 0 Å². The summed E-state index contributed by atoms with van der Waals surface area (Å²) in [5.41, 5.74) is 2.33. The molecule has 2 rings (SSSR count). The average molecular weight is 355 g/mol. The van der Waals surface area contributed by atoms with Crippen molar-refractivity contribution in [1.82, 2.24) is 14.9 Å². The summed E-state index contributed by atoms with van der Waals surface area (Å²) >= 11 is 2.32. The molecular weight excluding hydrogens is 337 g/mol. The van der Waals surface area contributed by atoms with E-state index in [-0.39, 0.29) is 5.54 Å². The van der Waals surface area contributed by atoms with Gasteiger partial charge in [-0.3, -0.25) is 0 Å². The van der Waals surface area contributed by atoms with Crippen LogP contribution in [-0.2, 0) is 6.54 Å². The van der Waals surface area contributed by atoms with Crippen LogP contribution < -0.4 is 5.32 Å². The Hall–Kier alpha value is -0.880.